The monoisotopic (exact) mass is 481 g/mol. The maximum absolute atomic E-state index is 13.6. The number of H-pyrrole nitrogens is 1. The second kappa shape index (κ2) is 9.72. The molecule has 0 saturated carbocycles. The van der Waals surface area contributed by atoms with E-state index in [1.807, 2.05) is 32.9 Å². The van der Waals surface area contributed by atoms with Gasteiger partial charge >= 0.3 is 0 Å². The van der Waals surface area contributed by atoms with Gasteiger partial charge in [-0.05, 0) is 69.0 Å². The molecule has 0 spiro atoms. The van der Waals surface area contributed by atoms with E-state index in [9.17, 15) is 18.0 Å². The lowest BCUT2D eigenvalue weighted by atomic mass is 10.0. The SMILES string of the molecule is Cc1ccc(S(=O)(=O)N(CCCN2CCCC2=O)Cc2cc3c(C)cc(C)cc3[nH]c2=O)cc1. The molecule has 1 N–H and O–H groups in total. The number of likely N-dealkylation sites (tertiary alicyclic amines) is 1. The molecule has 0 bridgehead atoms. The van der Waals surface area contributed by atoms with Crippen LogP contribution in [0.1, 0.15) is 41.5 Å². The second-order valence-electron chi connectivity index (χ2n) is 9.16. The highest BCUT2D eigenvalue weighted by atomic mass is 32.2. The molecule has 1 saturated heterocycles. The fourth-order valence-electron chi connectivity index (χ4n) is 4.55. The molecule has 0 aliphatic carbocycles. The summed E-state index contributed by atoms with van der Waals surface area (Å²) >= 11 is 0. The van der Waals surface area contributed by atoms with Crippen LogP contribution in [-0.4, -0.2) is 48.1 Å². The minimum absolute atomic E-state index is 0.0389. The average molecular weight is 482 g/mol. The van der Waals surface area contributed by atoms with Gasteiger partial charge in [-0.25, -0.2) is 8.42 Å². The normalized spacial score (nSPS) is 14.5. The summed E-state index contributed by atoms with van der Waals surface area (Å²) < 4.78 is 28.5. The van der Waals surface area contributed by atoms with E-state index < -0.39 is 10.0 Å². The Kier molecular flexibility index (Phi) is 6.91. The third-order valence-corrected chi connectivity index (χ3v) is 8.26. The highest BCUT2D eigenvalue weighted by molar-refractivity contribution is 7.89. The lowest BCUT2D eigenvalue weighted by Crippen LogP contribution is -2.36. The molecule has 2 aromatic carbocycles. The zero-order chi connectivity index (χ0) is 24.5. The summed E-state index contributed by atoms with van der Waals surface area (Å²) in [5, 5.41) is 0.899. The number of nitrogens with one attached hydrogen (secondary N) is 1. The molecule has 1 aromatic heterocycles. The molecule has 1 aliphatic rings. The summed E-state index contributed by atoms with van der Waals surface area (Å²) in [6, 6.07) is 12.5. The van der Waals surface area contributed by atoms with Crippen molar-refractivity contribution in [3.63, 3.8) is 0 Å². The first-order valence-electron chi connectivity index (χ1n) is 11.6. The molecular weight excluding hydrogens is 450 g/mol. The van der Waals surface area contributed by atoms with Crippen molar-refractivity contribution in [2.75, 3.05) is 19.6 Å². The zero-order valence-electron chi connectivity index (χ0n) is 19.9. The van der Waals surface area contributed by atoms with Gasteiger partial charge < -0.3 is 9.88 Å². The fraction of sp³-hybridized carbons (Fsp3) is 0.385. The second-order valence-corrected chi connectivity index (χ2v) is 11.1. The van der Waals surface area contributed by atoms with E-state index in [-0.39, 0.29) is 29.5 Å². The van der Waals surface area contributed by atoms with E-state index in [4.69, 9.17) is 0 Å². The summed E-state index contributed by atoms with van der Waals surface area (Å²) in [5.41, 5.74) is 3.88. The molecule has 3 aromatic rings. The van der Waals surface area contributed by atoms with E-state index in [0.717, 1.165) is 34.0 Å². The highest BCUT2D eigenvalue weighted by Crippen LogP contribution is 2.22. The molecule has 180 valence electrons. The van der Waals surface area contributed by atoms with Crippen LogP contribution in [0.4, 0.5) is 0 Å². The molecule has 0 radical (unpaired) electrons. The Hall–Kier alpha value is -2.97. The van der Waals surface area contributed by atoms with Crippen molar-refractivity contribution in [2.24, 2.45) is 0 Å². The van der Waals surface area contributed by atoms with Crippen molar-refractivity contribution in [1.82, 2.24) is 14.2 Å². The number of fused-ring (bicyclic) bond motifs is 1. The minimum Gasteiger partial charge on any atom is -0.343 e. The van der Waals surface area contributed by atoms with E-state index in [2.05, 4.69) is 4.98 Å². The van der Waals surface area contributed by atoms with Crippen LogP contribution in [0, 0.1) is 20.8 Å². The maximum atomic E-state index is 13.6. The summed E-state index contributed by atoms with van der Waals surface area (Å²) in [4.78, 5) is 29.8. The lowest BCUT2D eigenvalue weighted by molar-refractivity contribution is -0.127. The maximum Gasteiger partial charge on any atom is 0.252 e. The van der Waals surface area contributed by atoms with Crippen LogP contribution in [0.5, 0.6) is 0 Å². The largest absolute Gasteiger partial charge is 0.343 e. The number of nitrogens with zero attached hydrogens (tertiary/aromatic N) is 2. The number of hydrogen-bond donors (Lipinski definition) is 1. The lowest BCUT2D eigenvalue weighted by Gasteiger charge is -2.24. The van der Waals surface area contributed by atoms with Crippen LogP contribution in [0.15, 0.2) is 52.2 Å². The summed E-state index contributed by atoms with van der Waals surface area (Å²) in [6.45, 7) is 7.25. The molecule has 1 aliphatic heterocycles. The quantitative estimate of drug-likeness (QED) is 0.532. The third kappa shape index (κ3) is 5.08. The van der Waals surface area contributed by atoms with Gasteiger partial charge in [0.25, 0.3) is 5.56 Å². The van der Waals surface area contributed by atoms with E-state index in [1.165, 1.54) is 4.31 Å². The van der Waals surface area contributed by atoms with E-state index in [1.54, 1.807) is 35.2 Å². The van der Waals surface area contributed by atoms with Crippen molar-refractivity contribution in [3.05, 3.63) is 75.1 Å². The summed E-state index contributed by atoms with van der Waals surface area (Å²) in [6.07, 6.45) is 1.90. The van der Waals surface area contributed by atoms with Crippen LogP contribution in [0.3, 0.4) is 0 Å². The number of amides is 1. The standard InChI is InChI=1S/C26H31N3O4S/c1-18-7-9-22(10-8-18)34(32,33)29(13-5-12-28-11-4-6-25(28)30)17-21-16-23-20(3)14-19(2)15-24(23)27-26(21)31/h7-10,14-16H,4-6,11-13,17H2,1-3H3,(H,27,31). The number of hydrogen-bond acceptors (Lipinski definition) is 4. The van der Waals surface area contributed by atoms with Crippen molar-refractivity contribution in [2.45, 2.75) is 51.5 Å². The molecule has 8 heteroatoms. The Balaban J connectivity index is 1.66. The molecule has 0 unspecified atom stereocenters. The molecule has 34 heavy (non-hydrogen) atoms. The van der Waals surface area contributed by atoms with Crippen LogP contribution < -0.4 is 5.56 Å². The predicted octanol–water partition coefficient (Wildman–Crippen LogP) is 3.66. The van der Waals surface area contributed by atoms with Gasteiger partial charge in [0.15, 0.2) is 0 Å². The van der Waals surface area contributed by atoms with Crippen LogP contribution in [0.2, 0.25) is 0 Å². The Morgan fingerprint density at radius 3 is 2.41 bits per heavy atom. The number of aromatic amines is 1. The first-order valence-corrected chi connectivity index (χ1v) is 13.1. The van der Waals surface area contributed by atoms with Crippen molar-refractivity contribution < 1.29 is 13.2 Å². The van der Waals surface area contributed by atoms with Crippen molar-refractivity contribution in [1.29, 1.82) is 0 Å². The van der Waals surface area contributed by atoms with Crippen LogP contribution in [0.25, 0.3) is 10.9 Å². The fourth-order valence-corrected chi connectivity index (χ4v) is 6.00. The Morgan fingerprint density at radius 1 is 1.00 bits per heavy atom. The van der Waals surface area contributed by atoms with E-state index in [0.29, 0.717) is 31.5 Å². The minimum atomic E-state index is -3.84. The predicted molar refractivity (Wildman–Crippen MR) is 133 cm³/mol. The number of aryl methyl sites for hydroxylation is 3. The van der Waals surface area contributed by atoms with Gasteiger partial charge in [0.2, 0.25) is 15.9 Å². The molecular formula is C26H31N3O4S. The first-order chi connectivity index (χ1) is 16.1. The van der Waals surface area contributed by atoms with Crippen molar-refractivity contribution >= 4 is 26.8 Å². The number of benzene rings is 2. The molecule has 0 atom stereocenters. The number of rotatable bonds is 8. The van der Waals surface area contributed by atoms with Crippen LogP contribution >= 0.6 is 0 Å². The smallest absolute Gasteiger partial charge is 0.252 e. The number of aromatic nitrogens is 1. The molecule has 7 nitrogen and oxygen atoms in total. The van der Waals surface area contributed by atoms with Gasteiger partial charge in [-0.1, -0.05) is 23.8 Å². The molecule has 1 amide bonds. The Bertz CT molecular complexity index is 1380. The zero-order valence-corrected chi connectivity index (χ0v) is 20.7. The first kappa shape index (κ1) is 24.2. The van der Waals surface area contributed by atoms with Gasteiger partial charge in [-0.15, -0.1) is 0 Å². The van der Waals surface area contributed by atoms with Gasteiger partial charge in [0.05, 0.1) is 4.90 Å². The number of carbonyl (C=O) groups is 1. The van der Waals surface area contributed by atoms with Gasteiger partial charge in [0.1, 0.15) is 0 Å². The summed E-state index contributed by atoms with van der Waals surface area (Å²) in [5.74, 6) is 0.115. The number of pyridine rings is 1. The van der Waals surface area contributed by atoms with Gasteiger partial charge in [-0.2, -0.15) is 4.31 Å². The average Bonchev–Trinajstić information content (AvgIpc) is 3.18. The molecule has 4 rings (SSSR count). The van der Waals surface area contributed by atoms with Crippen molar-refractivity contribution in [3.8, 4) is 0 Å². The summed E-state index contributed by atoms with van der Waals surface area (Å²) in [7, 11) is -3.84. The Labute approximate surface area is 200 Å². The van der Waals surface area contributed by atoms with E-state index >= 15 is 0 Å². The topological polar surface area (TPSA) is 90.6 Å². The number of sulfonamides is 1. The number of carbonyl (C=O) groups excluding carboxylic acids is 1. The Morgan fingerprint density at radius 2 is 1.74 bits per heavy atom. The van der Waals surface area contributed by atoms with Gasteiger partial charge in [-0.3, -0.25) is 9.59 Å². The molecule has 2 heterocycles. The van der Waals surface area contributed by atoms with Gasteiger partial charge in [0, 0.05) is 49.1 Å². The molecule has 1 fully saturated rings. The van der Waals surface area contributed by atoms with Crippen LogP contribution in [-0.2, 0) is 21.4 Å². The highest BCUT2D eigenvalue weighted by Gasteiger charge is 2.27. The third-order valence-electron chi connectivity index (χ3n) is 6.40.